The molecule has 2 aromatic rings. The van der Waals surface area contributed by atoms with Gasteiger partial charge >= 0.3 is 0 Å². The van der Waals surface area contributed by atoms with Crippen LogP contribution in [0.5, 0.6) is 0 Å². The van der Waals surface area contributed by atoms with Gasteiger partial charge in [-0.2, -0.15) is 5.26 Å². The number of thiophene rings is 1. The van der Waals surface area contributed by atoms with Gasteiger partial charge in [0.15, 0.2) is 0 Å². The second kappa shape index (κ2) is 5.14. The van der Waals surface area contributed by atoms with E-state index in [1.807, 2.05) is 29.2 Å². The van der Waals surface area contributed by atoms with Crippen molar-refractivity contribution in [3.05, 3.63) is 29.1 Å². The first kappa shape index (κ1) is 12.9. The third-order valence-corrected chi connectivity index (χ3v) is 4.72. The molecular formula is C15H15N3OS. The molecule has 0 spiro atoms. The van der Waals surface area contributed by atoms with Crippen molar-refractivity contribution in [3.63, 3.8) is 0 Å². The lowest BCUT2D eigenvalue weighted by Crippen LogP contribution is -2.33. The fraction of sp³-hybridized carbons (Fsp3) is 0.333. The summed E-state index contributed by atoms with van der Waals surface area (Å²) in [5, 5.41) is 9.67. The molecule has 1 aromatic heterocycles. The number of carbonyl (C=O) groups is 1. The van der Waals surface area contributed by atoms with E-state index in [1.54, 1.807) is 0 Å². The zero-order valence-electron chi connectivity index (χ0n) is 11.0. The molecule has 2 N–H and O–H groups in total. The highest BCUT2D eigenvalue weighted by Gasteiger charge is 2.34. The molecule has 0 unspecified atom stereocenters. The van der Waals surface area contributed by atoms with Crippen molar-refractivity contribution < 1.29 is 4.79 Å². The molecule has 1 amide bonds. The van der Waals surface area contributed by atoms with E-state index in [0.717, 1.165) is 22.9 Å². The van der Waals surface area contributed by atoms with Gasteiger partial charge in [-0.3, -0.25) is 4.79 Å². The lowest BCUT2D eigenvalue weighted by atomic mass is 10.2. The molecule has 0 atom stereocenters. The van der Waals surface area contributed by atoms with Crippen molar-refractivity contribution in [2.75, 3.05) is 12.3 Å². The standard InChI is InChI=1S/C15H15N3OS/c16-8-3-9-18(10-6-7-10)15(19)14-13(17)11-4-1-2-5-12(11)20-14/h1-2,4-5,10H,3,6-7,9,17H2. The smallest absolute Gasteiger partial charge is 0.266 e. The Labute approximate surface area is 121 Å². The van der Waals surface area contributed by atoms with Crippen molar-refractivity contribution in [1.82, 2.24) is 4.90 Å². The van der Waals surface area contributed by atoms with Gasteiger partial charge in [-0.25, -0.2) is 0 Å². The molecule has 102 valence electrons. The number of carbonyl (C=O) groups excluding carboxylic acids is 1. The van der Waals surface area contributed by atoms with E-state index in [2.05, 4.69) is 6.07 Å². The molecule has 0 saturated heterocycles. The maximum Gasteiger partial charge on any atom is 0.266 e. The van der Waals surface area contributed by atoms with Crippen LogP contribution in [0.15, 0.2) is 24.3 Å². The minimum absolute atomic E-state index is 0.0264. The van der Waals surface area contributed by atoms with Crippen LogP contribution in [0.3, 0.4) is 0 Å². The third-order valence-electron chi connectivity index (χ3n) is 3.54. The summed E-state index contributed by atoms with van der Waals surface area (Å²) in [4.78, 5) is 15.1. The van der Waals surface area contributed by atoms with Crippen molar-refractivity contribution >= 4 is 33.0 Å². The van der Waals surface area contributed by atoms with Crippen LogP contribution < -0.4 is 5.73 Å². The van der Waals surface area contributed by atoms with E-state index in [4.69, 9.17) is 11.0 Å². The lowest BCUT2D eigenvalue weighted by molar-refractivity contribution is 0.0753. The number of nitrogen functional groups attached to an aromatic ring is 1. The Hall–Kier alpha value is -2.06. The number of amides is 1. The number of anilines is 1. The summed E-state index contributed by atoms with van der Waals surface area (Å²) in [5.41, 5.74) is 6.69. The molecule has 1 fully saturated rings. The molecule has 0 aliphatic heterocycles. The maximum absolute atomic E-state index is 12.7. The molecule has 0 radical (unpaired) electrons. The highest BCUT2D eigenvalue weighted by atomic mass is 32.1. The van der Waals surface area contributed by atoms with Crippen LogP contribution in [0.4, 0.5) is 5.69 Å². The van der Waals surface area contributed by atoms with Gasteiger partial charge in [-0.1, -0.05) is 18.2 Å². The second-order valence-corrected chi connectivity index (χ2v) is 6.03. The number of benzene rings is 1. The zero-order chi connectivity index (χ0) is 14.1. The Bertz CT molecular complexity index is 697. The first-order chi connectivity index (χ1) is 9.72. The van der Waals surface area contributed by atoms with Gasteiger partial charge in [-0.05, 0) is 18.9 Å². The van der Waals surface area contributed by atoms with Gasteiger partial charge in [0.2, 0.25) is 0 Å². The number of nitrogens with two attached hydrogens (primary N) is 1. The largest absolute Gasteiger partial charge is 0.397 e. The highest BCUT2D eigenvalue weighted by Crippen LogP contribution is 2.36. The molecule has 1 aromatic carbocycles. The molecule has 0 bridgehead atoms. The number of nitrogens with zero attached hydrogens (tertiary/aromatic N) is 2. The van der Waals surface area contributed by atoms with E-state index in [0.29, 0.717) is 29.6 Å². The average molecular weight is 285 g/mol. The fourth-order valence-corrected chi connectivity index (χ4v) is 3.44. The van der Waals surface area contributed by atoms with Crippen molar-refractivity contribution in [3.8, 4) is 6.07 Å². The van der Waals surface area contributed by atoms with Crippen LogP contribution in [-0.4, -0.2) is 23.4 Å². The molecule has 4 nitrogen and oxygen atoms in total. The van der Waals surface area contributed by atoms with Crippen molar-refractivity contribution in [1.29, 1.82) is 5.26 Å². The quantitative estimate of drug-likeness (QED) is 0.938. The van der Waals surface area contributed by atoms with Gasteiger partial charge in [0.25, 0.3) is 5.91 Å². The summed E-state index contributed by atoms with van der Waals surface area (Å²) in [5.74, 6) is -0.0264. The van der Waals surface area contributed by atoms with Crippen molar-refractivity contribution in [2.24, 2.45) is 0 Å². The highest BCUT2D eigenvalue weighted by molar-refractivity contribution is 7.21. The van der Waals surface area contributed by atoms with Gasteiger partial charge in [0, 0.05) is 22.7 Å². The number of hydrogen-bond acceptors (Lipinski definition) is 4. The van der Waals surface area contributed by atoms with Crippen LogP contribution in [0.2, 0.25) is 0 Å². The number of rotatable bonds is 4. The third kappa shape index (κ3) is 2.23. The fourth-order valence-electron chi connectivity index (χ4n) is 2.36. The Morgan fingerprint density at radius 3 is 2.85 bits per heavy atom. The monoisotopic (exact) mass is 285 g/mol. The molecular weight excluding hydrogens is 270 g/mol. The number of hydrogen-bond donors (Lipinski definition) is 1. The van der Waals surface area contributed by atoms with E-state index in [-0.39, 0.29) is 5.91 Å². The Morgan fingerprint density at radius 1 is 1.45 bits per heavy atom. The summed E-state index contributed by atoms with van der Waals surface area (Å²) < 4.78 is 1.03. The lowest BCUT2D eigenvalue weighted by Gasteiger charge is -2.20. The second-order valence-electron chi connectivity index (χ2n) is 4.98. The summed E-state index contributed by atoms with van der Waals surface area (Å²) >= 11 is 1.44. The molecule has 1 aliphatic carbocycles. The predicted molar refractivity (Wildman–Crippen MR) is 80.5 cm³/mol. The van der Waals surface area contributed by atoms with E-state index >= 15 is 0 Å². The SMILES string of the molecule is N#CCCN(C(=O)c1sc2ccccc2c1N)C1CC1. The van der Waals surface area contributed by atoms with Gasteiger partial charge in [0.1, 0.15) is 4.88 Å². The first-order valence-corrected chi connectivity index (χ1v) is 7.49. The average Bonchev–Trinajstić information content (AvgIpc) is 3.24. The Balaban J connectivity index is 1.94. The summed E-state index contributed by atoms with van der Waals surface area (Å²) in [6, 6.07) is 10.2. The molecule has 20 heavy (non-hydrogen) atoms. The van der Waals surface area contributed by atoms with Crippen LogP contribution in [0.1, 0.15) is 28.9 Å². The topological polar surface area (TPSA) is 70.1 Å². The summed E-state index contributed by atoms with van der Waals surface area (Å²) in [6.45, 7) is 0.494. The van der Waals surface area contributed by atoms with E-state index < -0.39 is 0 Å². The predicted octanol–water partition coefficient (Wildman–Crippen LogP) is 3.00. The molecule has 1 saturated carbocycles. The van der Waals surface area contributed by atoms with E-state index in [1.165, 1.54) is 11.3 Å². The molecule has 3 rings (SSSR count). The maximum atomic E-state index is 12.7. The number of nitriles is 1. The van der Waals surface area contributed by atoms with Gasteiger partial charge in [0.05, 0.1) is 18.2 Å². The Morgan fingerprint density at radius 2 is 2.20 bits per heavy atom. The van der Waals surface area contributed by atoms with Crippen LogP contribution >= 0.6 is 11.3 Å². The van der Waals surface area contributed by atoms with Gasteiger partial charge < -0.3 is 10.6 Å². The normalized spacial score (nSPS) is 14.2. The molecule has 1 aliphatic rings. The van der Waals surface area contributed by atoms with Crippen LogP contribution in [0.25, 0.3) is 10.1 Å². The van der Waals surface area contributed by atoms with E-state index in [9.17, 15) is 4.79 Å². The Kier molecular flexibility index (Phi) is 3.33. The zero-order valence-corrected chi connectivity index (χ0v) is 11.8. The molecule has 5 heteroatoms. The summed E-state index contributed by atoms with van der Waals surface area (Å²) in [7, 11) is 0. The van der Waals surface area contributed by atoms with Crippen LogP contribution in [0, 0.1) is 11.3 Å². The number of fused-ring (bicyclic) bond motifs is 1. The van der Waals surface area contributed by atoms with Gasteiger partial charge in [-0.15, -0.1) is 11.3 Å². The minimum Gasteiger partial charge on any atom is -0.397 e. The molecule has 1 heterocycles. The van der Waals surface area contributed by atoms with Crippen LogP contribution in [-0.2, 0) is 0 Å². The van der Waals surface area contributed by atoms with Crippen molar-refractivity contribution in [2.45, 2.75) is 25.3 Å². The summed E-state index contributed by atoms with van der Waals surface area (Å²) in [6.07, 6.45) is 2.43. The first-order valence-electron chi connectivity index (χ1n) is 6.67. The minimum atomic E-state index is -0.0264.